The lowest BCUT2D eigenvalue weighted by Crippen LogP contribution is -2.48. The average Bonchev–Trinajstić information content (AvgIpc) is 3.03. The second-order valence-electron chi connectivity index (χ2n) is 5.85. The fraction of sp³-hybridized carbons (Fsp3) is 0.800. The van der Waals surface area contributed by atoms with Crippen molar-refractivity contribution in [1.29, 1.82) is 0 Å². The van der Waals surface area contributed by atoms with E-state index in [0.717, 1.165) is 19.6 Å². The van der Waals surface area contributed by atoms with Crippen LogP contribution in [0.15, 0.2) is 0 Å². The summed E-state index contributed by atoms with van der Waals surface area (Å²) < 4.78 is 5.57. The first-order chi connectivity index (χ1) is 9.30. The highest BCUT2D eigenvalue weighted by Gasteiger charge is 2.48. The van der Waals surface area contributed by atoms with Gasteiger partial charge in [-0.2, -0.15) is 0 Å². The number of aromatic nitrogens is 1. The smallest absolute Gasteiger partial charge is 0.116 e. The maximum atomic E-state index is 5.57. The number of methoxy groups -OCH3 is 1. The average molecular weight is 280 g/mol. The number of thiazole rings is 1. The van der Waals surface area contributed by atoms with E-state index in [1.54, 1.807) is 0 Å². The van der Waals surface area contributed by atoms with Crippen LogP contribution >= 0.6 is 11.3 Å². The summed E-state index contributed by atoms with van der Waals surface area (Å²) in [5, 5.41) is 5.06. The number of aryl methyl sites for hydroxylation is 2. The lowest BCUT2D eigenvalue weighted by molar-refractivity contribution is 0.0925. The van der Waals surface area contributed by atoms with Crippen molar-refractivity contribution in [1.82, 2.24) is 10.3 Å². The molecule has 2 aliphatic rings. The van der Waals surface area contributed by atoms with Gasteiger partial charge in [-0.05, 0) is 51.0 Å². The molecule has 0 bridgehead atoms. The maximum Gasteiger partial charge on any atom is 0.116 e. The van der Waals surface area contributed by atoms with Gasteiger partial charge in [-0.25, -0.2) is 4.98 Å². The van der Waals surface area contributed by atoms with Crippen LogP contribution in [0.3, 0.4) is 0 Å². The quantitative estimate of drug-likeness (QED) is 0.834. The van der Waals surface area contributed by atoms with Crippen molar-refractivity contribution in [2.45, 2.75) is 51.0 Å². The van der Waals surface area contributed by atoms with Crippen LogP contribution in [0, 0.1) is 5.92 Å². The predicted octanol–water partition coefficient (Wildman–Crippen LogP) is 2.88. The molecular weight excluding hydrogens is 256 g/mol. The second kappa shape index (κ2) is 5.51. The molecule has 1 N–H and O–H groups in total. The number of ether oxygens (including phenoxy) is 1. The molecule has 106 valence electrons. The third-order valence-electron chi connectivity index (χ3n) is 4.31. The molecule has 0 aliphatic heterocycles. The summed E-state index contributed by atoms with van der Waals surface area (Å²) in [6, 6.07) is 0. The van der Waals surface area contributed by atoms with Crippen molar-refractivity contribution in [3.8, 4) is 0 Å². The van der Waals surface area contributed by atoms with Crippen molar-refractivity contribution >= 4 is 11.3 Å². The van der Waals surface area contributed by atoms with Crippen molar-refractivity contribution < 1.29 is 4.74 Å². The van der Waals surface area contributed by atoms with Gasteiger partial charge >= 0.3 is 0 Å². The van der Waals surface area contributed by atoms with Crippen LogP contribution in [0.4, 0.5) is 0 Å². The molecule has 1 saturated carbocycles. The highest BCUT2D eigenvalue weighted by molar-refractivity contribution is 7.12. The molecule has 0 aromatic carbocycles. The van der Waals surface area contributed by atoms with Crippen LogP contribution in [-0.2, 0) is 23.1 Å². The highest BCUT2D eigenvalue weighted by Crippen LogP contribution is 2.48. The molecule has 3 rings (SSSR count). The standard InChI is InChI=1S/C15H24N2OS/c1-3-9-16-15(10-18-2,11-7-8-11)14-17-12-5-4-6-13(12)19-14/h11,16H,3-10H2,1-2H3. The number of hydrogen-bond donors (Lipinski definition) is 1. The van der Waals surface area contributed by atoms with Crippen LogP contribution in [0.25, 0.3) is 0 Å². The fourth-order valence-corrected chi connectivity index (χ4v) is 4.54. The summed E-state index contributed by atoms with van der Waals surface area (Å²) in [5.41, 5.74) is 1.35. The van der Waals surface area contributed by atoms with E-state index in [4.69, 9.17) is 9.72 Å². The molecule has 1 unspecified atom stereocenters. The minimum Gasteiger partial charge on any atom is -0.382 e. The van der Waals surface area contributed by atoms with Crippen LogP contribution in [-0.4, -0.2) is 25.2 Å². The third-order valence-corrected chi connectivity index (χ3v) is 5.65. The van der Waals surface area contributed by atoms with Gasteiger partial charge in [0.15, 0.2) is 0 Å². The van der Waals surface area contributed by atoms with Crippen LogP contribution in [0.2, 0.25) is 0 Å². The van der Waals surface area contributed by atoms with E-state index in [1.807, 2.05) is 18.4 Å². The first-order valence-corrected chi connectivity index (χ1v) is 8.35. The molecular formula is C15H24N2OS. The zero-order valence-electron chi connectivity index (χ0n) is 12.0. The SMILES string of the molecule is CCCNC(COC)(c1nc2c(s1)CCC2)C1CC1. The van der Waals surface area contributed by atoms with Crippen LogP contribution in [0.5, 0.6) is 0 Å². The van der Waals surface area contributed by atoms with E-state index in [2.05, 4.69) is 12.2 Å². The Morgan fingerprint density at radius 2 is 2.26 bits per heavy atom. The Bertz CT molecular complexity index is 420. The van der Waals surface area contributed by atoms with Gasteiger partial charge in [-0.15, -0.1) is 11.3 Å². The summed E-state index contributed by atoms with van der Waals surface area (Å²) >= 11 is 1.93. The normalized spacial score (nSPS) is 21.4. The summed E-state index contributed by atoms with van der Waals surface area (Å²) in [4.78, 5) is 6.49. The molecule has 1 aromatic rings. The highest BCUT2D eigenvalue weighted by atomic mass is 32.1. The van der Waals surface area contributed by atoms with Gasteiger partial charge in [0.1, 0.15) is 5.01 Å². The molecule has 1 aromatic heterocycles. The molecule has 0 spiro atoms. The first-order valence-electron chi connectivity index (χ1n) is 7.53. The Morgan fingerprint density at radius 3 is 2.89 bits per heavy atom. The minimum atomic E-state index is -0.0141. The number of hydrogen-bond acceptors (Lipinski definition) is 4. The maximum absolute atomic E-state index is 5.57. The van der Waals surface area contributed by atoms with Crippen LogP contribution in [0.1, 0.15) is 48.2 Å². The zero-order valence-corrected chi connectivity index (χ0v) is 12.8. The molecule has 1 heterocycles. The van der Waals surface area contributed by atoms with Crippen molar-refractivity contribution in [3.63, 3.8) is 0 Å². The Labute approximate surface area is 119 Å². The van der Waals surface area contributed by atoms with E-state index in [0.29, 0.717) is 5.92 Å². The molecule has 4 heteroatoms. The Hall–Kier alpha value is -0.450. The van der Waals surface area contributed by atoms with Gasteiger partial charge in [-0.3, -0.25) is 0 Å². The molecule has 0 amide bonds. The summed E-state index contributed by atoms with van der Waals surface area (Å²) in [7, 11) is 1.81. The van der Waals surface area contributed by atoms with Crippen molar-refractivity contribution in [2.75, 3.05) is 20.3 Å². The number of nitrogens with zero attached hydrogens (tertiary/aromatic N) is 1. The third kappa shape index (κ3) is 2.46. The molecule has 2 aliphatic carbocycles. The Morgan fingerprint density at radius 1 is 1.42 bits per heavy atom. The van der Waals surface area contributed by atoms with Gasteiger partial charge in [0.2, 0.25) is 0 Å². The molecule has 0 radical (unpaired) electrons. The van der Waals surface area contributed by atoms with E-state index >= 15 is 0 Å². The molecule has 19 heavy (non-hydrogen) atoms. The Kier molecular flexibility index (Phi) is 3.92. The van der Waals surface area contributed by atoms with Crippen LogP contribution < -0.4 is 5.32 Å². The van der Waals surface area contributed by atoms with Gasteiger partial charge in [0, 0.05) is 12.0 Å². The van der Waals surface area contributed by atoms with Gasteiger partial charge in [-0.1, -0.05) is 6.92 Å². The van der Waals surface area contributed by atoms with Gasteiger partial charge in [0.25, 0.3) is 0 Å². The molecule has 1 fully saturated rings. The Balaban J connectivity index is 1.91. The zero-order chi connectivity index (χ0) is 13.3. The minimum absolute atomic E-state index is 0.0141. The fourth-order valence-electron chi connectivity index (χ4n) is 3.16. The molecule has 3 nitrogen and oxygen atoms in total. The van der Waals surface area contributed by atoms with E-state index in [-0.39, 0.29) is 5.54 Å². The number of nitrogens with one attached hydrogen (secondary N) is 1. The van der Waals surface area contributed by atoms with Crippen molar-refractivity contribution in [2.24, 2.45) is 5.92 Å². The van der Waals surface area contributed by atoms with E-state index in [9.17, 15) is 0 Å². The van der Waals surface area contributed by atoms with E-state index < -0.39 is 0 Å². The number of fused-ring (bicyclic) bond motifs is 1. The summed E-state index contributed by atoms with van der Waals surface area (Å²) in [5.74, 6) is 0.713. The van der Waals surface area contributed by atoms with Crippen molar-refractivity contribution in [3.05, 3.63) is 15.6 Å². The monoisotopic (exact) mass is 280 g/mol. The first kappa shape index (κ1) is 13.5. The largest absolute Gasteiger partial charge is 0.382 e. The van der Waals surface area contributed by atoms with Gasteiger partial charge < -0.3 is 10.1 Å². The lowest BCUT2D eigenvalue weighted by atomic mass is 9.94. The topological polar surface area (TPSA) is 34.1 Å². The summed E-state index contributed by atoms with van der Waals surface area (Å²) in [6.07, 6.45) is 7.47. The lowest BCUT2D eigenvalue weighted by Gasteiger charge is -2.33. The van der Waals surface area contributed by atoms with Gasteiger partial charge in [0.05, 0.1) is 17.8 Å². The second-order valence-corrected chi connectivity index (χ2v) is 6.93. The molecule has 1 atom stereocenters. The van der Waals surface area contributed by atoms with E-state index in [1.165, 1.54) is 47.7 Å². The summed E-state index contributed by atoms with van der Waals surface area (Å²) in [6.45, 7) is 4.02. The number of rotatable bonds is 7. The predicted molar refractivity (Wildman–Crippen MR) is 78.7 cm³/mol. The molecule has 0 saturated heterocycles.